The van der Waals surface area contributed by atoms with Crippen LogP contribution in [0.5, 0.6) is 5.75 Å². The molecule has 4 nitrogen and oxygen atoms in total. The third-order valence-electron chi connectivity index (χ3n) is 7.17. The highest BCUT2D eigenvalue weighted by molar-refractivity contribution is 6.32. The van der Waals surface area contributed by atoms with Gasteiger partial charge in [0.15, 0.2) is 0 Å². The van der Waals surface area contributed by atoms with Crippen LogP contribution < -0.4 is 4.74 Å². The fourth-order valence-corrected chi connectivity index (χ4v) is 5.81. The number of hydrogen-bond donors (Lipinski definition) is 1. The van der Waals surface area contributed by atoms with Gasteiger partial charge in [-0.1, -0.05) is 35.9 Å². The van der Waals surface area contributed by atoms with Crippen LogP contribution in [-0.2, 0) is 6.42 Å². The molecule has 0 unspecified atom stereocenters. The standard InChI is InChI=1S/C28H34ClF2N3O/c1-18-13-22-21-7-4-5-8-24(21)32-26(22)27(34(18)17-28(2,3)31)19-9-10-25(23(29)14-19)35-20-15-33(16-20)12-6-11-30/h4-5,7-10,14,18,20,27,32H,6,11-13,15-17H2,1-3H3/t18-,27-/m1/s1. The summed E-state index contributed by atoms with van der Waals surface area (Å²) in [6, 6.07) is 14.3. The van der Waals surface area contributed by atoms with Crippen molar-refractivity contribution in [2.75, 3.05) is 32.9 Å². The van der Waals surface area contributed by atoms with E-state index in [0.717, 1.165) is 42.8 Å². The summed E-state index contributed by atoms with van der Waals surface area (Å²) < 4.78 is 33.5. The van der Waals surface area contributed by atoms with Gasteiger partial charge in [-0.2, -0.15) is 0 Å². The molecule has 0 amide bonds. The van der Waals surface area contributed by atoms with Crippen molar-refractivity contribution in [3.05, 3.63) is 64.3 Å². The highest BCUT2D eigenvalue weighted by Crippen LogP contribution is 2.43. The summed E-state index contributed by atoms with van der Waals surface area (Å²) >= 11 is 6.73. The maximum absolute atomic E-state index is 14.9. The van der Waals surface area contributed by atoms with E-state index in [4.69, 9.17) is 16.3 Å². The molecule has 0 spiro atoms. The predicted molar refractivity (Wildman–Crippen MR) is 138 cm³/mol. The number of aromatic nitrogens is 1. The molecular weight excluding hydrogens is 468 g/mol. The molecule has 2 aliphatic heterocycles. The number of halogens is 3. The molecule has 2 aromatic carbocycles. The lowest BCUT2D eigenvalue weighted by Gasteiger charge is -2.43. The van der Waals surface area contributed by atoms with Crippen molar-refractivity contribution in [2.45, 2.75) is 57.5 Å². The lowest BCUT2D eigenvalue weighted by Crippen LogP contribution is -2.53. The first-order valence-corrected chi connectivity index (χ1v) is 12.9. The molecule has 2 aliphatic rings. The molecule has 3 aromatic rings. The zero-order valence-electron chi connectivity index (χ0n) is 20.7. The number of hydrogen-bond acceptors (Lipinski definition) is 3. The van der Waals surface area contributed by atoms with Crippen molar-refractivity contribution in [3.8, 4) is 5.75 Å². The van der Waals surface area contributed by atoms with Gasteiger partial charge in [0.2, 0.25) is 0 Å². The molecule has 0 saturated carbocycles. The van der Waals surface area contributed by atoms with E-state index in [1.165, 1.54) is 10.9 Å². The molecule has 0 aliphatic carbocycles. The second-order valence-corrected chi connectivity index (χ2v) is 11.0. The van der Waals surface area contributed by atoms with E-state index in [9.17, 15) is 8.78 Å². The van der Waals surface area contributed by atoms with Crippen molar-refractivity contribution in [2.24, 2.45) is 0 Å². The SMILES string of the molecule is C[C@@H]1Cc2c([nH]c3ccccc23)[C@@H](c2ccc(OC3CN(CCCF)C3)c(Cl)c2)N1CC(C)(C)F. The van der Waals surface area contributed by atoms with E-state index in [0.29, 0.717) is 23.7 Å². The normalized spacial score (nSPS) is 21.8. The Balaban J connectivity index is 1.45. The Hall–Kier alpha value is -2.15. The molecule has 1 N–H and O–H groups in total. The molecule has 188 valence electrons. The fourth-order valence-electron chi connectivity index (χ4n) is 5.57. The summed E-state index contributed by atoms with van der Waals surface area (Å²) in [4.78, 5) is 8.07. The number of fused-ring (bicyclic) bond motifs is 3. The van der Waals surface area contributed by atoms with E-state index in [-0.39, 0.29) is 24.9 Å². The molecule has 1 saturated heterocycles. The molecule has 2 atom stereocenters. The van der Waals surface area contributed by atoms with Gasteiger partial charge in [0.1, 0.15) is 17.5 Å². The van der Waals surface area contributed by atoms with Gasteiger partial charge in [0, 0.05) is 48.8 Å². The molecule has 0 radical (unpaired) electrons. The molecular formula is C28H34ClF2N3O. The Kier molecular flexibility index (Phi) is 6.81. The first kappa shape index (κ1) is 24.5. The number of aromatic amines is 1. The average Bonchev–Trinajstić information content (AvgIpc) is 3.13. The van der Waals surface area contributed by atoms with Gasteiger partial charge >= 0.3 is 0 Å². The summed E-state index contributed by atoms with van der Waals surface area (Å²) in [5.74, 6) is 0.656. The monoisotopic (exact) mass is 501 g/mol. The number of nitrogens with one attached hydrogen (secondary N) is 1. The molecule has 0 bridgehead atoms. The van der Waals surface area contributed by atoms with E-state index in [2.05, 4.69) is 46.0 Å². The molecule has 1 fully saturated rings. The van der Waals surface area contributed by atoms with E-state index in [1.807, 2.05) is 18.2 Å². The van der Waals surface area contributed by atoms with Crippen LogP contribution in [0.1, 0.15) is 50.1 Å². The van der Waals surface area contributed by atoms with Crippen molar-refractivity contribution >= 4 is 22.5 Å². The van der Waals surface area contributed by atoms with Gasteiger partial charge in [0.05, 0.1) is 17.7 Å². The van der Waals surface area contributed by atoms with Crippen LogP contribution in [0.3, 0.4) is 0 Å². The molecule has 1 aromatic heterocycles. The quantitative estimate of drug-likeness (QED) is 0.391. The number of benzene rings is 2. The van der Waals surface area contributed by atoms with Crippen LogP contribution in [0.15, 0.2) is 42.5 Å². The summed E-state index contributed by atoms with van der Waals surface area (Å²) in [5, 5.41) is 1.78. The lowest BCUT2D eigenvalue weighted by atomic mass is 9.87. The zero-order valence-corrected chi connectivity index (χ0v) is 21.4. The van der Waals surface area contributed by atoms with Crippen LogP contribution in [0, 0.1) is 0 Å². The number of nitrogens with zero attached hydrogens (tertiary/aromatic N) is 2. The van der Waals surface area contributed by atoms with Gasteiger partial charge in [0.25, 0.3) is 0 Å². The Labute approximate surface area is 211 Å². The van der Waals surface area contributed by atoms with E-state index in [1.54, 1.807) is 13.8 Å². The average molecular weight is 502 g/mol. The minimum Gasteiger partial charge on any atom is -0.486 e. The summed E-state index contributed by atoms with van der Waals surface area (Å²) in [6.07, 6.45) is 1.49. The third-order valence-corrected chi connectivity index (χ3v) is 7.47. The van der Waals surface area contributed by atoms with Gasteiger partial charge in [-0.15, -0.1) is 0 Å². The van der Waals surface area contributed by atoms with Gasteiger partial charge in [-0.25, -0.2) is 4.39 Å². The first-order valence-electron chi connectivity index (χ1n) is 12.5. The smallest absolute Gasteiger partial charge is 0.138 e. The number of rotatable bonds is 8. The molecule has 5 rings (SSSR count). The van der Waals surface area contributed by atoms with Crippen LogP contribution in [0.4, 0.5) is 8.78 Å². The topological polar surface area (TPSA) is 31.5 Å². The Morgan fingerprint density at radius 2 is 1.94 bits per heavy atom. The second kappa shape index (κ2) is 9.72. The molecule has 35 heavy (non-hydrogen) atoms. The summed E-state index contributed by atoms with van der Waals surface area (Å²) in [5.41, 5.74) is 3.20. The van der Waals surface area contributed by atoms with E-state index >= 15 is 0 Å². The Morgan fingerprint density at radius 1 is 1.17 bits per heavy atom. The van der Waals surface area contributed by atoms with Gasteiger partial charge in [-0.05, 0) is 62.9 Å². The fraction of sp³-hybridized carbons (Fsp3) is 0.500. The first-order chi connectivity index (χ1) is 16.7. The maximum Gasteiger partial charge on any atom is 0.138 e. The summed E-state index contributed by atoms with van der Waals surface area (Å²) in [6.45, 7) is 7.81. The third kappa shape index (κ3) is 5.07. The number of H-pyrrole nitrogens is 1. The largest absolute Gasteiger partial charge is 0.486 e. The van der Waals surface area contributed by atoms with Crippen LogP contribution in [-0.4, -0.2) is 65.5 Å². The lowest BCUT2D eigenvalue weighted by molar-refractivity contribution is 0.0184. The maximum atomic E-state index is 14.9. The number of likely N-dealkylation sites (tertiary alicyclic amines) is 1. The van der Waals surface area contributed by atoms with Gasteiger partial charge in [-0.3, -0.25) is 14.2 Å². The van der Waals surface area contributed by atoms with Crippen LogP contribution in [0.2, 0.25) is 5.02 Å². The molecule has 3 heterocycles. The molecule has 7 heteroatoms. The van der Waals surface area contributed by atoms with Crippen LogP contribution >= 0.6 is 11.6 Å². The second-order valence-electron chi connectivity index (χ2n) is 10.6. The number of para-hydroxylation sites is 1. The summed E-state index contributed by atoms with van der Waals surface area (Å²) in [7, 11) is 0. The van der Waals surface area contributed by atoms with Crippen LogP contribution in [0.25, 0.3) is 10.9 Å². The highest BCUT2D eigenvalue weighted by atomic mass is 35.5. The predicted octanol–water partition coefficient (Wildman–Crippen LogP) is 6.33. The number of ether oxygens (including phenoxy) is 1. The highest BCUT2D eigenvalue weighted by Gasteiger charge is 2.38. The zero-order chi connectivity index (χ0) is 24.7. The Morgan fingerprint density at radius 3 is 2.66 bits per heavy atom. The van der Waals surface area contributed by atoms with Gasteiger partial charge < -0.3 is 9.72 Å². The van der Waals surface area contributed by atoms with Crippen molar-refractivity contribution in [1.82, 2.24) is 14.8 Å². The Bertz CT molecular complexity index is 1180. The van der Waals surface area contributed by atoms with E-state index < -0.39 is 5.67 Å². The number of alkyl halides is 2. The van der Waals surface area contributed by atoms with Crippen molar-refractivity contribution in [3.63, 3.8) is 0 Å². The minimum absolute atomic E-state index is 0.0665. The van der Waals surface area contributed by atoms with Crippen molar-refractivity contribution < 1.29 is 13.5 Å². The van der Waals surface area contributed by atoms with Crippen molar-refractivity contribution in [1.29, 1.82) is 0 Å². The minimum atomic E-state index is -1.33.